The van der Waals surface area contributed by atoms with Crippen LogP contribution in [0, 0.1) is 5.92 Å². The van der Waals surface area contributed by atoms with E-state index in [1.165, 1.54) is 63.1 Å². The van der Waals surface area contributed by atoms with Gasteiger partial charge in [0, 0.05) is 24.8 Å². The lowest BCUT2D eigenvalue weighted by atomic mass is 9.93. The second-order valence-corrected chi connectivity index (χ2v) is 11.1. The summed E-state index contributed by atoms with van der Waals surface area (Å²) in [6.45, 7) is 2.16. The highest BCUT2D eigenvalue weighted by atomic mass is 35.5. The summed E-state index contributed by atoms with van der Waals surface area (Å²) in [5, 5.41) is 0.655. The minimum Gasteiger partial charge on any atom is -0.490 e. The summed E-state index contributed by atoms with van der Waals surface area (Å²) in [7, 11) is 0. The van der Waals surface area contributed by atoms with E-state index >= 15 is 0 Å². The Morgan fingerprint density at radius 2 is 1.91 bits per heavy atom. The number of carbonyl (C=O) groups excluding carboxylic acids is 2. The fourth-order valence-electron chi connectivity index (χ4n) is 4.53. The molecule has 0 spiro atoms. The maximum absolute atomic E-state index is 12.3. The number of rotatable bonds is 14. The summed E-state index contributed by atoms with van der Waals surface area (Å²) in [5.41, 5.74) is 6.61. The molecule has 0 atom stereocenters. The lowest BCUT2D eigenvalue weighted by Gasteiger charge is -2.13. The fraction of sp³-hybridized carbons (Fsp3) is 0.643. The van der Waals surface area contributed by atoms with Crippen molar-refractivity contribution in [3.05, 3.63) is 45.6 Å². The van der Waals surface area contributed by atoms with Crippen molar-refractivity contribution in [3.63, 3.8) is 0 Å². The van der Waals surface area contributed by atoms with Crippen LogP contribution < -0.4 is 5.73 Å². The van der Waals surface area contributed by atoms with Gasteiger partial charge in [-0.25, -0.2) is 0 Å². The largest absolute Gasteiger partial charge is 0.490 e. The molecule has 2 N–H and O–H groups in total. The topological polar surface area (TPSA) is 69.4 Å². The Balaban J connectivity index is 1.72. The van der Waals surface area contributed by atoms with Crippen molar-refractivity contribution in [3.8, 4) is 0 Å². The molecule has 0 aromatic heterocycles. The molecule has 2 rings (SSSR count). The second-order valence-electron chi connectivity index (χ2n) is 9.38. The summed E-state index contributed by atoms with van der Waals surface area (Å²) in [6.07, 6.45) is 23.4. The zero-order valence-corrected chi connectivity index (χ0v) is 22.4. The van der Waals surface area contributed by atoms with Gasteiger partial charge in [0.05, 0.1) is 0 Å². The molecular formula is C28H42ClNO3S. The quantitative estimate of drug-likeness (QED) is 0.192. The first kappa shape index (κ1) is 28.9. The summed E-state index contributed by atoms with van der Waals surface area (Å²) in [5.74, 6) is 1.77. The molecule has 190 valence electrons. The number of carbonyl (C=O) groups is 2. The monoisotopic (exact) mass is 507 g/mol. The minimum absolute atomic E-state index is 0.0519. The van der Waals surface area contributed by atoms with Gasteiger partial charge < -0.3 is 10.5 Å². The van der Waals surface area contributed by atoms with E-state index in [0.717, 1.165) is 29.2 Å². The number of allylic oxidation sites excluding steroid dienone is 6. The molecule has 2 aliphatic carbocycles. The lowest BCUT2D eigenvalue weighted by molar-refractivity contribution is -0.122. The van der Waals surface area contributed by atoms with Gasteiger partial charge in [-0.3, -0.25) is 9.59 Å². The maximum atomic E-state index is 12.3. The van der Waals surface area contributed by atoms with Crippen LogP contribution in [0.15, 0.2) is 45.6 Å². The normalized spacial score (nSPS) is 17.9. The first-order valence-corrected chi connectivity index (χ1v) is 14.1. The van der Waals surface area contributed by atoms with Gasteiger partial charge in [-0.2, -0.15) is 0 Å². The smallest absolute Gasteiger partial charge is 0.190 e. The van der Waals surface area contributed by atoms with Crippen LogP contribution in [0.25, 0.3) is 0 Å². The Bertz CT molecular complexity index is 777. The van der Waals surface area contributed by atoms with Crippen LogP contribution in [-0.2, 0) is 14.3 Å². The van der Waals surface area contributed by atoms with Gasteiger partial charge >= 0.3 is 0 Å². The number of hydrogen-bond donors (Lipinski definition) is 1. The minimum atomic E-state index is 0.0519. The van der Waals surface area contributed by atoms with Gasteiger partial charge in [0.25, 0.3) is 0 Å². The SMILES string of the molecule is CC(=O)S/C(=C\CC1=C(Cl)C=C(OCC(=O)CCCCCC2CCCCCC2)CC=C1)CCN. The first-order chi connectivity index (χ1) is 16.5. The Hall–Kier alpha value is -1.30. The van der Waals surface area contributed by atoms with E-state index in [0.29, 0.717) is 43.0 Å². The molecule has 6 heteroatoms. The van der Waals surface area contributed by atoms with E-state index in [2.05, 4.69) is 0 Å². The molecule has 34 heavy (non-hydrogen) atoms. The summed E-state index contributed by atoms with van der Waals surface area (Å²) >= 11 is 7.74. The zero-order chi connectivity index (χ0) is 24.6. The molecule has 0 amide bonds. The highest BCUT2D eigenvalue weighted by molar-refractivity contribution is 8.16. The molecule has 1 fully saturated rings. The van der Waals surface area contributed by atoms with Crippen LogP contribution in [0.2, 0.25) is 0 Å². The predicted molar refractivity (Wildman–Crippen MR) is 145 cm³/mol. The van der Waals surface area contributed by atoms with Gasteiger partial charge in [0.2, 0.25) is 0 Å². The molecule has 0 aromatic carbocycles. The summed E-state index contributed by atoms with van der Waals surface area (Å²) in [4.78, 5) is 24.7. The van der Waals surface area contributed by atoms with Crippen LogP contribution >= 0.6 is 23.4 Å². The van der Waals surface area contributed by atoms with Gasteiger partial charge in [0.15, 0.2) is 10.9 Å². The molecule has 1 saturated carbocycles. The molecule has 0 heterocycles. The standard InChI is InChI=1S/C28H42ClNO3S/c1-22(31)34-27(18-19-30)17-16-24-13-9-15-26(20-28(24)29)33-21-25(32)14-8-4-7-12-23-10-5-2-3-6-11-23/h9,13,17,20,23H,2-8,10-12,14-16,18-19,21,30H2,1H3/b27-17-. The average Bonchev–Trinajstić information content (AvgIpc) is 3.16. The average molecular weight is 508 g/mol. The van der Waals surface area contributed by atoms with Crippen molar-refractivity contribution < 1.29 is 14.3 Å². The van der Waals surface area contributed by atoms with Crippen LogP contribution in [0.1, 0.15) is 96.8 Å². The Morgan fingerprint density at radius 3 is 2.62 bits per heavy atom. The van der Waals surface area contributed by atoms with E-state index in [1.54, 1.807) is 6.92 Å². The highest BCUT2D eigenvalue weighted by Crippen LogP contribution is 2.28. The number of halogens is 1. The van der Waals surface area contributed by atoms with Crippen LogP contribution in [0.3, 0.4) is 0 Å². The van der Waals surface area contributed by atoms with Crippen molar-refractivity contribution in [2.45, 2.75) is 96.8 Å². The van der Waals surface area contributed by atoms with Gasteiger partial charge in [-0.1, -0.05) is 99.4 Å². The first-order valence-electron chi connectivity index (χ1n) is 13.0. The van der Waals surface area contributed by atoms with Crippen LogP contribution in [0.4, 0.5) is 0 Å². The van der Waals surface area contributed by atoms with E-state index in [4.69, 9.17) is 22.1 Å². The highest BCUT2D eigenvalue weighted by Gasteiger charge is 2.13. The molecular weight excluding hydrogens is 466 g/mol. The van der Waals surface area contributed by atoms with E-state index in [1.807, 2.05) is 24.3 Å². The van der Waals surface area contributed by atoms with E-state index in [9.17, 15) is 9.59 Å². The van der Waals surface area contributed by atoms with E-state index in [-0.39, 0.29) is 17.5 Å². The molecule has 0 saturated heterocycles. The molecule has 0 aromatic rings. The number of nitrogens with two attached hydrogens (primary N) is 1. The predicted octanol–water partition coefficient (Wildman–Crippen LogP) is 7.73. The Kier molecular flexibility index (Phi) is 14.6. The van der Waals surface area contributed by atoms with Crippen molar-refractivity contribution >= 4 is 34.3 Å². The Labute approximate surface area is 215 Å². The fourth-order valence-corrected chi connectivity index (χ4v) is 5.55. The number of ether oxygens (including phenoxy) is 1. The lowest BCUT2D eigenvalue weighted by Crippen LogP contribution is -2.08. The maximum Gasteiger partial charge on any atom is 0.190 e. The van der Waals surface area contributed by atoms with Gasteiger partial charge in [-0.15, -0.1) is 0 Å². The number of hydrogen-bond acceptors (Lipinski definition) is 5. The van der Waals surface area contributed by atoms with Crippen molar-refractivity contribution in [1.29, 1.82) is 0 Å². The molecule has 4 nitrogen and oxygen atoms in total. The third kappa shape index (κ3) is 12.4. The number of thioether (sulfide) groups is 1. The second kappa shape index (κ2) is 17.2. The molecule has 0 bridgehead atoms. The number of Topliss-reactive ketones (excluding diaryl/α,β-unsaturated/α-hetero) is 1. The van der Waals surface area contributed by atoms with Gasteiger partial charge in [0.1, 0.15) is 12.4 Å². The molecule has 0 unspecified atom stereocenters. The van der Waals surface area contributed by atoms with Gasteiger partial charge in [-0.05, 0) is 48.3 Å². The molecule has 2 aliphatic rings. The van der Waals surface area contributed by atoms with Crippen molar-refractivity contribution in [2.24, 2.45) is 11.7 Å². The third-order valence-corrected chi connectivity index (χ3v) is 7.68. The number of ketones is 1. The summed E-state index contributed by atoms with van der Waals surface area (Å²) in [6, 6.07) is 0. The molecule has 0 radical (unpaired) electrons. The van der Waals surface area contributed by atoms with Crippen LogP contribution in [0.5, 0.6) is 0 Å². The molecule has 0 aliphatic heterocycles. The number of unbranched alkanes of at least 4 members (excludes halogenated alkanes) is 2. The third-order valence-electron chi connectivity index (χ3n) is 6.41. The summed E-state index contributed by atoms with van der Waals surface area (Å²) < 4.78 is 5.79. The Morgan fingerprint density at radius 1 is 1.15 bits per heavy atom. The zero-order valence-electron chi connectivity index (χ0n) is 20.8. The van der Waals surface area contributed by atoms with E-state index < -0.39 is 0 Å². The van der Waals surface area contributed by atoms with Crippen molar-refractivity contribution in [2.75, 3.05) is 13.2 Å². The van der Waals surface area contributed by atoms with Crippen molar-refractivity contribution in [1.82, 2.24) is 0 Å². The van der Waals surface area contributed by atoms with Crippen LogP contribution in [-0.4, -0.2) is 24.1 Å².